The molecular weight excluding hydrogens is 362 g/mol. The van der Waals surface area contributed by atoms with Gasteiger partial charge in [-0.05, 0) is 35.7 Å². The maximum absolute atomic E-state index is 10.8. The third-order valence-corrected chi connectivity index (χ3v) is 5.95. The lowest BCUT2D eigenvalue weighted by molar-refractivity contribution is -0.384. The molecule has 3 aromatic heterocycles. The highest BCUT2D eigenvalue weighted by molar-refractivity contribution is 7.16. The fourth-order valence-electron chi connectivity index (χ4n) is 3.67. The first-order valence-electron chi connectivity index (χ1n) is 8.79. The fraction of sp³-hybridized carbons (Fsp3) is 0.211. The Morgan fingerprint density at radius 3 is 2.48 bits per heavy atom. The molecule has 0 unspecified atom stereocenters. The fourth-order valence-corrected chi connectivity index (χ4v) is 4.50. The molecule has 27 heavy (non-hydrogen) atoms. The first-order valence-corrected chi connectivity index (χ1v) is 9.67. The van der Waals surface area contributed by atoms with E-state index in [1.54, 1.807) is 23.5 Å². The molecule has 1 saturated heterocycles. The van der Waals surface area contributed by atoms with Gasteiger partial charge in [0, 0.05) is 50.2 Å². The van der Waals surface area contributed by atoms with Crippen LogP contribution in [-0.2, 0) is 0 Å². The van der Waals surface area contributed by atoms with E-state index in [0.717, 1.165) is 48.7 Å². The molecule has 1 aliphatic heterocycles. The van der Waals surface area contributed by atoms with Crippen molar-refractivity contribution in [2.24, 2.45) is 0 Å². The number of fused-ring (bicyclic) bond motifs is 3. The van der Waals surface area contributed by atoms with Crippen LogP contribution >= 0.6 is 11.3 Å². The summed E-state index contributed by atoms with van der Waals surface area (Å²) < 4.78 is 2.21. The van der Waals surface area contributed by atoms with Crippen LogP contribution in [0.5, 0.6) is 0 Å². The summed E-state index contributed by atoms with van der Waals surface area (Å²) >= 11 is 1.70. The van der Waals surface area contributed by atoms with Gasteiger partial charge in [0.2, 0.25) is 0 Å². The molecule has 8 heteroatoms. The van der Waals surface area contributed by atoms with Crippen molar-refractivity contribution in [2.75, 3.05) is 36.0 Å². The number of piperazine rings is 1. The van der Waals surface area contributed by atoms with Gasteiger partial charge in [0.1, 0.15) is 10.3 Å². The lowest BCUT2D eigenvalue weighted by Crippen LogP contribution is -2.47. The molecule has 0 atom stereocenters. The second-order valence-corrected chi connectivity index (χ2v) is 7.45. The van der Waals surface area contributed by atoms with Crippen LogP contribution in [0.1, 0.15) is 0 Å². The molecule has 0 bridgehead atoms. The minimum Gasteiger partial charge on any atom is -0.368 e. The Labute approximate surface area is 159 Å². The Morgan fingerprint density at radius 1 is 1.00 bits per heavy atom. The highest BCUT2D eigenvalue weighted by atomic mass is 32.1. The third-order valence-electron chi connectivity index (χ3n) is 5.05. The van der Waals surface area contributed by atoms with Crippen LogP contribution in [0.25, 0.3) is 15.9 Å². The second-order valence-electron chi connectivity index (χ2n) is 6.56. The van der Waals surface area contributed by atoms with Crippen LogP contribution in [0.4, 0.5) is 17.2 Å². The lowest BCUT2D eigenvalue weighted by atomic mass is 10.2. The largest absolute Gasteiger partial charge is 0.368 e. The average molecular weight is 379 g/mol. The SMILES string of the molecule is O=[N+]([O-])c1ccc(N2CCN(c3nc4ccsc4n4cccc34)CC2)cc1. The Balaban J connectivity index is 1.39. The van der Waals surface area contributed by atoms with Gasteiger partial charge in [-0.3, -0.25) is 10.1 Å². The van der Waals surface area contributed by atoms with Crippen molar-refractivity contribution in [3.8, 4) is 0 Å². The van der Waals surface area contributed by atoms with E-state index in [2.05, 4.69) is 44.0 Å². The number of hydrogen-bond donors (Lipinski definition) is 0. The third kappa shape index (κ3) is 2.69. The van der Waals surface area contributed by atoms with E-state index in [1.165, 1.54) is 4.83 Å². The monoisotopic (exact) mass is 379 g/mol. The van der Waals surface area contributed by atoms with Gasteiger partial charge in [0.05, 0.1) is 10.4 Å². The van der Waals surface area contributed by atoms with Crippen LogP contribution in [0.3, 0.4) is 0 Å². The van der Waals surface area contributed by atoms with E-state index in [0.29, 0.717) is 0 Å². The summed E-state index contributed by atoms with van der Waals surface area (Å²) in [5, 5.41) is 12.9. The summed E-state index contributed by atoms with van der Waals surface area (Å²) in [6.07, 6.45) is 2.09. The van der Waals surface area contributed by atoms with Crippen LogP contribution in [-0.4, -0.2) is 40.5 Å². The summed E-state index contributed by atoms with van der Waals surface area (Å²) in [5.74, 6) is 1.02. The van der Waals surface area contributed by atoms with Crippen LogP contribution in [0, 0.1) is 10.1 Å². The van der Waals surface area contributed by atoms with E-state index in [-0.39, 0.29) is 10.6 Å². The predicted molar refractivity (Wildman–Crippen MR) is 108 cm³/mol. The van der Waals surface area contributed by atoms with Crippen molar-refractivity contribution < 1.29 is 4.92 Å². The number of anilines is 2. The highest BCUT2D eigenvalue weighted by Crippen LogP contribution is 2.29. The number of nitro benzene ring substituents is 1. The number of rotatable bonds is 3. The zero-order valence-electron chi connectivity index (χ0n) is 14.5. The van der Waals surface area contributed by atoms with Gasteiger partial charge in [-0.15, -0.1) is 11.3 Å². The van der Waals surface area contributed by atoms with Crippen LogP contribution in [0.2, 0.25) is 0 Å². The van der Waals surface area contributed by atoms with Gasteiger partial charge >= 0.3 is 0 Å². The van der Waals surface area contributed by atoms with E-state index in [9.17, 15) is 10.1 Å². The summed E-state index contributed by atoms with van der Waals surface area (Å²) in [4.78, 5) is 21.1. The summed E-state index contributed by atoms with van der Waals surface area (Å²) in [5.41, 5.74) is 3.31. The molecule has 4 aromatic rings. The molecule has 0 aliphatic carbocycles. The number of hydrogen-bond acceptors (Lipinski definition) is 6. The zero-order chi connectivity index (χ0) is 18.4. The van der Waals surface area contributed by atoms with Crippen LogP contribution < -0.4 is 9.80 Å². The van der Waals surface area contributed by atoms with Crippen molar-refractivity contribution in [1.29, 1.82) is 0 Å². The topological polar surface area (TPSA) is 66.9 Å². The van der Waals surface area contributed by atoms with Gasteiger partial charge in [-0.1, -0.05) is 0 Å². The summed E-state index contributed by atoms with van der Waals surface area (Å²) in [6.45, 7) is 3.43. The van der Waals surface area contributed by atoms with E-state index in [4.69, 9.17) is 4.98 Å². The molecule has 7 nitrogen and oxygen atoms in total. The first-order chi connectivity index (χ1) is 13.2. The maximum atomic E-state index is 10.8. The van der Waals surface area contributed by atoms with Gasteiger partial charge in [-0.25, -0.2) is 4.98 Å². The van der Waals surface area contributed by atoms with Gasteiger partial charge < -0.3 is 14.2 Å². The van der Waals surface area contributed by atoms with Gasteiger partial charge in [0.15, 0.2) is 5.82 Å². The minimum absolute atomic E-state index is 0.126. The number of nitro groups is 1. The summed E-state index contributed by atoms with van der Waals surface area (Å²) in [6, 6.07) is 13.0. The molecule has 1 aromatic carbocycles. The van der Waals surface area contributed by atoms with Gasteiger partial charge in [0.25, 0.3) is 5.69 Å². The molecule has 0 N–H and O–H groups in total. The number of benzene rings is 1. The molecule has 0 amide bonds. The molecule has 4 heterocycles. The van der Waals surface area contributed by atoms with Gasteiger partial charge in [-0.2, -0.15) is 0 Å². The highest BCUT2D eigenvalue weighted by Gasteiger charge is 2.21. The number of non-ortho nitro benzene ring substituents is 1. The van der Waals surface area contributed by atoms with E-state index in [1.807, 2.05) is 12.1 Å². The molecule has 0 radical (unpaired) electrons. The van der Waals surface area contributed by atoms with Crippen molar-refractivity contribution in [1.82, 2.24) is 9.38 Å². The standard InChI is InChI=1S/C19H17N5O2S/c25-24(26)15-5-3-14(4-6-15)21-9-11-22(12-10-21)18-17-2-1-8-23(17)19-16(20-18)7-13-27-19/h1-8,13H,9-12H2. The first kappa shape index (κ1) is 16.1. The number of nitrogens with zero attached hydrogens (tertiary/aromatic N) is 5. The molecule has 5 rings (SSSR count). The molecule has 0 spiro atoms. The zero-order valence-corrected chi connectivity index (χ0v) is 15.3. The Hall–Kier alpha value is -3.13. The van der Waals surface area contributed by atoms with Crippen molar-refractivity contribution in [2.45, 2.75) is 0 Å². The minimum atomic E-state index is -0.364. The predicted octanol–water partition coefficient (Wildman–Crippen LogP) is 3.78. The van der Waals surface area contributed by atoms with Crippen molar-refractivity contribution in [3.05, 3.63) is 64.2 Å². The Kier molecular flexibility index (Phi) is 3.71. The maximum Gasteiger partial charge on any atom is 0.269 e. The number of thiophene rings is 1. The molecular formula is C19H17N5O2S. The smallest absolute Gasteiger partial charge is 0.269 e. The van der Waals surface area contributed by atoms with E-state index < -0.39 is 0 Å². The average Bonchev–Trinajstić information content (AvgIpc) is 3.36. The molecule has 0 saturated carbocycles. The summed E-state index contributed by atoms with van der Waals surface area (Å²) in [7, 11) is 0. The van der Waals surface area contributed by atoms with E-state index >= 15 is 0 Å². The lowest BCUT2D eigenvalue weighted by Gasteiger charge is -2.37. The molecule has 1 fully saturated rings. The number of aromatic nitrogens is 2. The molecule has 1 aliphatic rings. The second kappa shape index (κ2) is 6.24. The van der Waals surface area contributed by atoms with Crippen LogP contribution in [0.15, 0.2) is 54.0 Å². The molecule has 136 valence electrons. The van der Waals surface area contributed by atoms with Crippen molar-refractivity contribution >= 4 is 44.4 Å². The normalized spacial score (nSPS) is 15.0. The Morgan fingerprint density at radius 2 is 1.74 bits per heavy atom. The Bertz CT molecular complexity index is 1130. The van der Waals surface area contributed by atoms with Crippen molar-refractivity contribution in [3.63, 3.8) is 0 Å². The quantitative estimate of drug-likeness (QED) is 0.400.